The molecule has 1 atom stereocenters. The molecule has 3 saturated carbocycles. The minimum Gasteiger partial charge on any atom is -0.300 e. The van der Waals surface area contributed by atoms with Crippen molar-refractivity contribution in [1.82, 2.24) is 0 Å². The average molecular weight is 294 g/mol. The zero-order chi connectivity index (χ0) is 13.8. The summed E-state index contributed by atoms with van der Waals surface area (Å²) < 4.78 is 0. The maximum Gasteiger partial charge on any atom is 0.133 e. The Morgan fingerprint density at radius 2 is 1.15 bits per heavy atom. The van der Waals surface area contributed by atoms with Crippen LogP contribution in [0.1, 0.15) is 89.9 Å². The zero-order valence-corrected chi connectivity index (χ0v) is 13.9. The first kappa shape index (κ1) is 15.0. The van der Waals surface area contributed by atoms with Gasteiger partial charge in [-0.2, -0.15) is 0 Å². The number of rotatable bonds is 3. The average Bonchev–Trinajstić information content (AvgIpc) is 2.50. The van der Waals surface area contributed by atoms with Crippen LogP contribution < -0.4 is 0 Å². The summed E-state index contributed by atoms with van der Waals surface area (Å²) in [4.78, 5) is 12.0. The number of hydrogen-bond donors (Lipinski definition) is 0. The van der Waals surface area contributed by atoms with Gasteiger partial charge in [0.2, 0.25) is 0 Å². The highest BCUT2D eigenvalue weighted by Gasteiger charge is 2.37. The fourth-order valence-electron chi connectivity index (χ4n) is 4.91. The highest BCUT2D eigenvalue weighted by atomic mass is 31.1. The Kier molecular flexibility index (Phi) is 5.55. The van der Waals surface area contributed by atoms with Gasteiger partial charge in [0, 0.05) is 12.8 Å². The van der Waals surface area contributed by atoms with Crippen molar-refractivity contribution in [3.05, 3.63) is 0 Å². The van der Waals surface area contributed by atoms with Gasteiger partial charge in [0.15, 0.2) is 0 Å². The predicted molar refractivity (Wildman–Crippen MR) is 87.9 cm³/mol. The SMILES string of the molecule is O=C1CCCC(P(C2CCCCC2)C2CCCCC2)C1. The zero-order valence-electron chi connectivity index (χ0n) is 13.0. The van der Waals surface area contributed by atoms with Crippen molar-refractivity contribution in [3.8, 4) is 0 Å². The monoisotopic (exact) mass is 294 g/mol. The van der Waals surface area contributed by atoms with E-state index in [4.69, 9.17) is 0 Å². The molecule has 0 aromatic heterocycles. The van der Waals surface area contributed by atoms with Crippen LogP contribution in [0.4, 0.5) is 0 Å². The van der Waals surface area contributed by atoms with Crippen LogP contribution in [-0.2, 0) is 4.79 Å². The molecule has 0 radical (unpaired) electrons. The Hall–Kier alpha value is 0.100. The summed E-state index contributed by atoms with van der Waals surface area (Å²) in [7, 11) is 0.137. The summed E-state index contributed by atoms with van der Waals surface area (Å²) in [5, 5.41) is 0. The Morgan fingerprint density at radius 1 is 0.650 bits per heavy atom. The molecule has 0 heterocycles. The normalized spacial score (nSPS) is 30.9. The van der Waals surface area contributed by atoms with E-state index in [9.17, 15) is 4.79 Å². The summed E-state index contributed by atoms with van der Waals surface area (Å²) in [6, 6.07) is 0. The number of carbonyl (C=O) groups excluding carboxylic acids is 1. The number of hydrogen-bond acceptors (Lipinski definition) is 1. The van der Waals surface area contributed by atoms with Crippen molar-refractivity contribution in [2.24, 2.45) is 0 Å². The lowest BCUT2D eigenvalue weighted by Gasteiger charge is -2.44. The van der Waals surface area contributed by atoms with Gasteiger partial charge in [-0.05, 0) is 55.5 Å². The van der Waals surface area contributed by atoms with E-state index in [-0.39, 0.29) is 7.92 Å². The molecule has 3 aliphatic rings. The van der Waals surface area contributed by atoms with Gasteiger partial charge in [0.25, 0.3) is 0 Å². The van der Waals surface area contributed by atoms with Gasteiger partial charge >= 0.3 is 0 Å². The molecule has 2 heteroatoms. The van der Waals surface area contributed by atoms with E-state index in [1.807, 2.05) is 0 Å². The fourth-order valence-corrected chi connectivity index (χ4v) is 9.52. The van der Waals surface area contributed by atoms with Gasteiger partial charge in [-0.15, -0.1) is 0 Å². The first-order chi connectivity index (χ1) is 9.84. The quantitative estimate of drug-likeness (QED) is 0.615. The van der Waals surface area contributed by atoms with Crippen LogP contribution in [0.15, 0.2) is 0 Å². The van der Waals surface area contributed by atoms with E-state index >= 15 is 0 Å². The van der Waals surface area contributed by atoms with Crippen molar-refractivity contribution in [2.45, 2.75) is 107 Å². The molecule has 0 saturated heterocycles. The van der Waals surface area contributed by atoms with Gasteiger partial charge in [0.05, 0.1) is 0 Å². The van der Waals surface area contributed by atoms with Crippen molar-refractivity contribution in [3.63, 3.8) is 0 Å². The van der Waals surface area contributed by atoms with Crippen molar-refractivity contribution in [2.75, 3.05) is 0 Å². The predicted octanol–water partition coefficient (Wildman–Crippen LogP) is 5.65. The van der Waals surface area contributed by atoms with E-state index in [2.05, 4.69) is 0 Å². The lowest BCUT2D eigenvalue weighted by molar-refractivity contribution is -0.120. The first-order valence-electron chi connectivity index (χ1n) is 9.14. The van der Waals surface area contributed by atoms with Crippen LogP contribution in [-0.4, -0.2) is 22.8 Å². The maximum atomic E-state index is 12.0. The Labute approximate surface area is 126 Å². The first-order valence-corrected chi connectivity index (χ1v) is 10.7. The van der Waals surface area contributed by atoms with Crippen LogP contribution in [0.2, 0.25) is 0 Å². The molecule has 3 fully saturated rings. The summed E-state index contributed by atoms with van der Waals surface area (Å²) in [6.45, 7) is 0. The standard InChI is InChI=1S/C18H31OP/c19-15-8-7-13-18(14-15)20(16-9-3-1-4-10-16)17-11-5-2-6-12-17/h16-18H,1-14H2. The van der Waals surface area contributed by atoms with Crippen molar-refractivity contribution >= 4 is 13.7 Å². The third kappa shape index (κ3) is 3.65. The number of Topliss-reactive ketones (excluding diaryl/α,β-unsaturated/α-hetero) is 1. The van der Waals surface area contributed by atoms with Crippen LogP contribution in [0.3, 0.4) is 0 Å². The molecule has 3 aliphatic carbocycles. The van der Waals surface area contributed by atoms with Gasteiger partial charge in [-0.3, -0.25) is 4.79 Å². The highest BCUT2D eigenvalue weighted by Crippen LogP contribution is 2.61. The van der Waals surface area contributed by atoms with E-state index in [1.165, 1.54) is 77.0 Å². The molecule has 0 N–H and O–H groups in total. The summed E-state index contributed by atoms with van der Waals surface area (Å²) in [5.41, 5.74) is 2.87. The Bertz CT molecular complexity index is 297. The molecule has 0 aromatic carbocycles. The van der Waals surface area contributed by atoms with Crippen molar-refractivity contribution in [1.29, 1.82) is 0 Å². The lowest BCUT2D eigenvalue weighted by Crippen LogP contribution is -2.30. The molecule has 0 amide bonds. The molecule has 0 aromatic rings. The molecule has 114 valence electrons. The van der Waals surface area contributed by atoms with E-state index in [0.29, 0.717) is 5.78 Å². The molecular formula is C18H31OP. The molecule has 1 unspecified atom stereocenters. The lowest BCUT2D eigenvalue weighted by atomic mass is 9.98. The second-order valence-electron chi connectivity index (χ2n) is 7.32. The number of carbonyl (C=O) groups is 1. The second kappa shape index (κ2) is 7.39. The van der Waals surface area contributed by atoms with Gasteiger partial charge in [-0.25, -0.2) is 0 Å². The molecule has 0 aliphatic heterocycles. The minimum absolute atomic E-state index is 0.137. The Balaban J connectivity index is 1.72. The minimum atomic E-state index is 0.137. The molecule has 3 rings (SSSR count). The Morgan fingerprint density at radius 3 is 1.65 bits per heavy atom. The van der Waals surface area contributed by atoms with Crippen LogP contribution in [0.5, 0.6) is 0 Å². The maximum absolute atomic E-state index is 12.0. The summed E-state index contributed by atoms with van der Waals surface area (Å²) in [6.07, 6.45) is 19.2. The highest BCUT2D eigenvalue weighted by molar-refractivity contribution is 7.60. The van der Waals surface area contributed by atoms with E-state index in [0.717, 1.165) is 29.8 Å². The van der Waals surface area contributed by atoms with Gasteiger partial charge < -0.3 is 0 Å². The van der Waals surface area contributed by atoms with Gasteiger partial charge in [0.1, 0.15) is 5.78 Å². The molecule has 0 spiro atoms. The summed E-state index contributed by atoms with van der Waals surface area (Å²) >= 11 is 0. The third-order valence-corrected chi connectivity index (χ3v) is 9.87. The molecular weight excluding hydrogens is 263 g/mol. The van der Waals surface area contributed by atoms with Crippen LogP contribution in [0.25, 0.3) is 0 Å². The third-order valence-electron chi connectivity index (χ3n) is 5.87. The second-order valence-corrected chi connectivity index (χ2v) is 10.4. The fraction of sp³-hybridized carbons (Fsp3) is 0.944. The smallest absolute Gasteiger partial charge is 0.133 e. The van der Waals surface area contributed by atoms with E-state index in [1.54, 1.807) is 0 Å². The molecule has 0 bridgehead atoms. The topological polar surface area (TPSA) is 17.1 Å². The largest absolute Gasteiger partial charge is 0.300 e. The molecule has 1 nitrogen and oxygen atoms in total. The van der Waals surface area contributed by atoms with E-state index < -0.39 is 0 Å². The van der Waals surface area contributed by atoms with Crippen LogP contribution >= 0.6 is 7.92 Å². The summed E-state index contributed by atoms with van der Waals surface area (Å²) in [5.74, 6) is 0.584. The molecule has 20 heavy (non-hydrogen) atoms. The number of ketones is 1. The van der Waals surface area contributed by atoms with Crippen LogP contribution in [0, 0.1) is 0 Å². The van der Waals surface area contributed by atoms with Crippen molar-refractivity contribution < 1.29 is 4.79 Å². The van der Waals surface area contributed by atoms with Gasteiger partial charge in [-0.1, -0.05) is 46.4 Å².